The summed E-state index contributed by atoms with van der Waals surface area (Å²) in [6.45, 7) is 4.24. The van der Waals surface area contributed by atoms with Crippen molar-refractivity contribution in [2.75, 3.05) is 6.61 Å². The average molecular weight is 400 g/mol. The molecule has 4 heteroatoms. The molecule has 28 heavy (non-hydrogen) atoms. The third kappa shape index (κ3) is 17.5. The molecular weight excluding hydrogens is 350 g/mol. The van der Waals surface area contributed by atoms with Gasteiger partial charge in [-0.25, -0.2) is 0 Å². The minimum Gasteiger partial charge on any atom is -0.394 e. The number of hydrogen-bond donors (Lipinski definition) is 3. The number of unbranched alkanes of at least 4 members (excludes halogenated alkanes) is 14. The highest BCUT2D eigenvalue weighted by molar-refractivity contribution is 5.76. The lowest BCUT2D eigenvalue weighted by Gasteiger charge is -2.22. The van der Waals surface area contributed by atoms with Crippen molar-refractivity contribution in [1.82, 2.24) is 5.32 Å². The Morgan fingerprint density at radius 3 is 1.61 bits per heavy atom. The van der Waals surface area contributed by atoms with Crippen LogP contribution in [-0.2, 0) is 4.79 Å². The first-order valence-electron chi connectivity index (χ1n) is 12.2. The number of hydrogen-bond acceptors (Lipinski definition) is 3. The van der Waals surface area contributed by atoms with Crippen molar-refractivity contribution in [2.45, 2.75) is 142 Å². The molecule has 0 aliphatic carbocycles. The minimum atomic E-state index is -0.645. The molecule has 0 saturated carbocycles. The summed E-state index contributed by atoms with van der Waals surface area (Å²) in [6, 6.07) is -0.522. The van der Waals surface area contributed by atoms with Gasteiger partial charge in [-0.3, -0.25) is 4.79 Å². The summed E-state index contributed by atoms with van der Waals surface area (Å²) in [5.74, 6) is -0.0417. The predicted molar refractivity (Wildman–Crippen MR) is 119 cm³/mol. The van der Waals surface area contributed by atoms with Crippen LogP contribution in [0, 0.1) is 0 Å². The summed E-state index contributed by atoms with van der Waals surface area (Å²) >= 11 is 0. The summed E-state index contributed by atoms with van der Waals surface area (Å²) < 4.78 is 0. The lowest BCUT2D eigenvalue weighted by atomic mass is 10.0. The van der Waals surface area contributed by atoms with Gasteiger partial charge in [0.2, 0.25) is 5.91 Å². The number of rotatable bonds is 21. The molecule has 0 aliphatic rings. The standard InChI is InChI=1S/C24H49NO3/c1-3-5-7-9-10-11-12-13-14-16-18-20-24(28)25-22(21-26)23(27)19-17-15-8-6-4-2/h22-23,26-27H,3-21H2,1-2H3,(H,25,28). The van der Waals surface area contributed by atoms with Crippen molar-refractivity contribution in [2.24, 2.45) is 0 Å². The largest absolute Gasteiger partial charge is 0.394 e. The van der Waals surface area contributed by atoms with Crippen LogP contribution in [0.4, 0.5) is 0 Å². The van der Waals surface area contributed by atoms with Crippen molar-refractivity contribution in [3.8, 4) is 0 Å². The molecule has 0 bridgehead atoms. The van der Waals surface area contributed by atoms with Gasteiger partial charge in [0.15, 0.2) is 0 Å². The number of carbonyl (C=O) groups excluding carboxylic acids is 1. The topological polar surface area (TPSA) is 69.6 Å². The quantitative estimate of drug-likeness (QED) is 0.211. The zero-order valence-electron chi connectivity index (χ0n) is 18.9. The van der Waals surface area contributed by atoms with E-state index in [9.17, 15) is 15.0 Å². The van der Waals surface area contributed by atoms with Crippen LogP contribution in [0.5, 0.6) is 0 Å². The monoisotopic (exact) mass is 399 g/mol. The number of aliphatic hydroxyl groups excluding tert-OH is 2. The van der Waals surface area contributed by atoms with Gasteiger partial charge in [-0.15, -0.1) is 0 Å². The maximum absolute atomic E-state index is 12.1. The van der Waals surface area contributed by atoms with E-state index in [1.54, 1.807) is 0 Å². The van der Waals surface area contributed by atoms with Crippen LogP contribution in [0.25, 0.3) is 0 Å². The first kappa shape index (κ1) is 27.4. The average Bonchev–Trinajstić information content (AvgIpc) is 2.69. The van der Waals surface area contributed by atoms with Crippen molar-refractivity contribution in [3.05, 3.63) is 0 Å². The molecule has 0 fully saturated rings. The van der Waals surface area contributed by atoms with Crippen LogP contribution in [0.1, 0.15) is 129 Å². The van der Waals surface area contributed by atoms with Crippen molar-refractivity contribution in [1.29, 1.82) is 0 Å². The van der Waals surface area contributed by atoms with E-state index >= 15 is 0 Å². The van der Waals surface area contributed by atoms with Gasteiger partial charge >= 0.3 is 0 Å². The highest BCUT2D eigenvalue weighted by Gasteiger charge is 2.19. The lowest BCUT2D eigenvalue weighted by Crippen LogP contribution is -2.45. The Hall–Kier alpha value is -0.610. The van der Waals surface area contributed by atoms with Crippen molar-refractivity contribution < 1.29 is 15.0 Å². The Kier molecular flexibility index (Phi) is 20.6. The van der Waals surface area contributed by atoms with E-state index in [-0.39, 0.29) is 12.5 Å². The zero-order valence-corrected chi connectivity index (χ0v) is 18.9. The van der Waals surface area contributed by atoms with Gasteiger partial charge in [-0.1, -0.05) is 110 Å². The van der Waals surface area contributed by atoms with Gasteiger partial charge in [0, 0.05) is 6.42 Å². The van der Waals surface area contributed by atoms with Gasteiger partial charge in [0.25, 0.3) is 0 Å². The van der Waals surface area contributed by atoms with Gasteiger partial charge in [-0.05, 0) is 12.8 Å². The fourth-order valence-corrected chi connectivity index (χ4v) is 3.65. The van der Waals surface area contributed by atoms with E-state index in [0.717, 1.165) is 25.7 Å². The molecule has 3 N–H and O–H groups in total. The SMILES string of the molecule is CCCCCCCCCCCCCC(=O)NC(CO)C(O)CCCCCCC. The van der Waals surface area contributed by atoms with Crippen LogP contribution >= 0.6 is 0 Å². The van der Waals surface area contributed by atoms with Crippen LogP contribution in [0.3, 0.4) is 0 Å². The van der Waals surface area contributed by atoms with E-state index in [4.69, 9.17) is 0 Å². The van der Waals surface area contributed by atoms with Crippen LogP contribution < -0.4 is 5.32 Å². The van der Waals surface area contributed by atoms with Gasteiger partial charge in [0.05, 0.1) is 18.8 Å². The molecule has 0 aromatic rings. The molecule has 0 aliphatic heterocycles. The predicted octanol–water partition coefficient (Wildman–Crippen LogP) is 5.89. The Balaban J connectivity index is 3.61. The fourth-order valence-electron chi connectivity index (χ4n) is 3.65. The first-order chi connectivity index (χ1) is 13.7. The molecule has 1 amide bonds. The highest BCUT2D eigenvalue weighted by Crippen LogP contribution is 2.13. The third-order valence-electron chi connectivity index (χ3n) is 5.62. The molecule has 0 radical (unpaired) electrons. The molecular formula is C24H49NO3. The molecule has 0 heterocycles. The Morgan fingerprint density at radius 1 is 0.714 bits per heavy atom. The van der Waals surface area contributed by atoms with Crippen LogP contribution in [0.2, 0.25) is 0 Å². The first-order valence-corrected chi connectivity index (χ1v) is 12.2. The van der Waals surface area contributed by atoms with Crippen molar-refractivity contribution in [3.63, 3.8) is 0 Å². The zero-order chi connectivity index (χ0) is 20.9. The normalized spacial score (nSPS) is 13.4. The molecule has 168 valence electrons. The van der Waals surface area contributed by atoms with Gasteiger partial charge in [0.1, 0.15) is 0 Å². The fraction of sp³-hybridized carbons (Fsp3) is 0.958. The molecule has 2 unspecified atom stereocenters. The number of aliphatic hydroxyl groups is 2. The second-order valence-corrected chi connectivity index (χ2v) is 8.41. The van der Waals surface area contributed by atoms with Crippen LogP contribution in [0.15, 0.2) is 0 Å². The summed E-state index contributed by atoms with van der Waals surface area (Å²) in [6.07, 6.45) is 20.1. The molecule has 0 aromatic carbocycles. The second-order valence-electron chi connectivity index (χ2n) is 8.41. The van der Waals surface area contributed by atoms with E-state index in [0.29, 0.717) is 12.8 Å². The van der Waals surface area contributed by atoms with E-state index < -0.39 is 12.1 Å². The Morgan fingerprint density at radius 2 is 1.14 bits per heavy atom. The molecule has 0 aromatic heterocycles. The second kappa shape index (κ2) is 21.1. The Bertz CT molecular complexity index is 336. The Labute approximate surface area is 174 Å². The summed E-state index contributed by atoms with van der Waals surface area (Å²) in [5.41, 5.74) is 0. The summed E-state index contributed by atoms with van der Waals surface area (Å²) in [5, 5.41) is 22.5. The number of nitrogens with one attached hydrogen (secondary N) is 1. The smallest absolute Gasteiger partial charge is 0.220 e. The molecule has 2 atom stereocenters. The van der Waals surface area contributed by atoms with Gasteiger partial charge < -0.3 is 15.5 Å². The van der Waals surface area contributed by atoms with E-state index in [1.165, 1.54) is 77.0 Å². The van der Waals surface area contributed by atoms with E-state index in [1.807, 2.05) is 0 Å². The maximum atomic E-state index is 12.1. The van der Waals surface area contributed by atoms with Crippen LogP contribution in [-0.4, -0.2) is 34.9 Å². The third-order valence-corrected chi connectivity index (χ3v) is 5.62. The summed E-state index contributed by atoms with van der Waals surface area (Å²) in [4.78, 5) is 12.1. The molecule has 0 rings (SSSR count). The lowest BCUT2D eigenvalue weighted by molar-refractivity contribution is -0.123. The van der Waals surface area contributed by atoms with Crippen molar-refractivity contribution >= 4 is 5.91 Å². The minimum absolute atomic E-state index is 0.0417. The highest BCUT2D eigenvalue weighted by atomic mass is 16.3. The molecule has 0 saturated heterocycles. The summed E-state index contributed by atoms with van der Waals surface area (Å²) in [7, 11) is 0. The molecule has 0 spiro atoms. The van der Waals surface area contributed by atoms with Gasteiger partial charge in [-0.2, -0.15) is 0 Å². The van der Waals surface area contributed by atoms with E-state index in [2.05, 4.69) is 19.2 Å². The number of carbonyl (C=O) groups is 1. The molecule has 4 nitrogen and oxygen atoms in total. The maximum Gasteiger partial charge on any atom is 0.220 e. The number of amides is 1.